The van der Waals surface area contributed by atoms with Gasteiger partial charge in [-0.15, -0.1) is 5.10 Å². The summed E-state index contributed by atoms with van der Waals surface area (Å²) < 4.78 is 13.9. The normalized spacial score (nSPS) is 12.2. The van der Waals surface area contributed by atoms with Crippen LogP contribution in [0.15, 0.2) is 74.3 Å². The molecule has 0 bridgehead atoms. The van der Waals surface area contributed by atoms with Gasteiger partial charge in [0.05, 0.1) is 7.11 Å². The molecule has 0 saturated heterocycles. The Kier molecular flexibility index (Phi) is 5.46. The molecule has 158 valence electrons. The van der Waals surface area contributed by atoms with E-state index in [1.807, 2.05) is 66.7 Å². The number of halogens is 1. The maximum Gasteiger partial charge on any atom is 0.291 e. The second kappa shape index (κ2) is 8.57. The molecule has 0 aliphatic rings. The Labute approximate surface area is 195 Å². The Morgan fingerprint density at radius 2 is 1.94 bits per heavy atom. The Balaban J connectivity index is 1.41. The minimum absolute atomic E-state index is 0.220. The molecule has 32 heavy (non-hydrogen) atoms. The first-order valence-corrected chi connectivity index (χ1v) is 11.3. The van der Waals surface area contributed by atoms with Crippen LogP contribution in [0.5, 0.6) is 5.75 Å². The number of aromatic nitrogens is 3. The van der Waals surface area contributed by atoms with Gasteiger partial charge in [-0.05, 0) is 48.0 Å². The van der Waals surface area contributed by atoms with Crippen molar-refractivity contribution in [2.45, 2.75) is 0 Å². The summed E-state index contributed by atoms with van der Waals surface area (Å²) in [5.41, 5.74) is 1.72. The van der Waals surface area contributed by atoms with E-state index in [9.17, 15) is 4.79 Å². The van der Waals surface area contributed by atoms with Crippen LogP contribution < -0.4 is 14.8 Å². The van der Waals surface area contributed by atoms with Crippen LogP contribution in [0.4, 0.5) is 0 Å². The van der Waals surface area contributed by atoms with Gasteiger partial charge in [-0.2, -0.15) is 9.50 Å². The zero-order valence-electron chi connectivity index (χ0n) is 16.9. The van der Waals surface area contributed by atoms with Gasteiger partial charge in [-0.3, -0.25) is 4.79 Å². The highest BCUT2D eigenvalue weighted by atomic mass is 79.9. The van der Waals surface area contributed by atoms with Crippen LogP contribution in [0, 0.1) is 0 Å². The second-order valence-corrected chi connectivity index (χ2v) is 8.82. The van der Waals surface area contributed by atoms with E-state index in [4.69, 9.17) is 9.15 Å². The SMILES string of the molecule is COc1ccc(/C=C/c2nc3s/c(=C\c4ccc(-c5cccc(Br)c5)o4)c(=O)n3n2)cc1. The molecule has 0 amide bonds. The van der Waals surface area contributed by atoms with Crippen LogP contribution in [-0.4, -0.2) is 21.7 Å². The molecular formula is C24H16BrN3O3S. The monoisotopic (exact) mass is 505 g/mol. The van der Waals surface area contributed by atoms with Crippen LogP contribution in [-0.2, 0) is 0 Å². The van der Waals surface area contributed by atoms with Crippen LogP contribution in [0.1, 0.15) is 17.1 Å². The van der Waals surface area contributed by atoms with Crippen LogP contribution in [0.3, 0.4) is 0 Å². The first kappa shape index (κ1) is 20.4. The summed E-state index contributed by atoms with van der Waals surface area (Å²) in [5, 5.41) is 4.32. The van der Waals surface area contributed by atoms with E-state index in [0.717, 1.165) is 27.1 Å². The van der Waals surface area contributed by atoms with E-state index in [0.29, 0.717) is 21.1 Å². The van der Waals surface area contributed by atoms with Gasteiger partial charge in [0.2, 0.25) is 4.96 Å². The van der Waals surface area contributed by atoms with Crippen molar-refractivity contribution in [3.8, 4) is 17.1 Å². The fourth-order valence-corrected chi connectivity index (χ4v) is 4.46. The molecule has 3 heterocycles. The minimum atomic E-state index is -0.220. The van der Waals surface area contributed by atoms with Gasteiger partial charge in [-0.25, -0.2) is 0 Å². The maximum atomic E-state index is 12.8. The third-order valence-corrected chi connectivity index (χ3v) is 6.20. The lowest BCUT2D eigenvalue weighted by Gasteiger charge is -1.98. The molecule has 0 N–H and O–H groups in total. The van der Waals surface area contributed by atoms with Gasteiger partial charge >= 0.3 is 0 Å². The standard InChI is InChI=1S/C24H16BrN3O3S/c1-30-18-8-5-15(6-9-18)7-12-22-26-24-28(27-22)23(29)21(32-24)14-19-10-11-20(31-19)16-3-2-4-17(25)13-16/h2-14H,1H3/b12-7+,21-14-. The van der Waals surface area contributed by atoms with Crippen molar-refractivity contribution in [3.63, 3.8) is 0 Å². The highest BCUT2D eigenvalue weighted by Crippen LogP contribution is 2.25. The van der Waals surface area contributed by atoms with E-state index in [1.165, 1.54) is 15.9 Å². The smallest absolute Gasteiger partial charge is 0.291 e. The highest BCUT2D eigenvalue weighted by molar-refractivity contribution is 9.10. The molecule has 0 radical (unpaired) electrons. The molecule has 0 saturated carbocycles. The van der Waals surface area contributed by atoms with Crippen molar-refractivity contribution in [2.75, 3.05) is 7.11 Å². The van der Waals surface area contributed by atoms with Crippen LogP contribution in [0.25, 0.3) is 34.5 Å². The van der Waals surface area contributed by atoms with Gasteiger partial charge in [-0.1, -0.05) is 57.6 Å². The third-order valence-electron chi connectivity index (χ3n) is 4.75. The number of rotatable bonds is 5. The molecular weight excluding hydrogens is 490 g/mol. The maximum absolute atomic E-state index is 12.8. The van der Waals surface area contributed by atoms with Gasteiger partial charge in [0.15, 0.2) is 5.82 Å². The molecule has 5 rings (SSSR count). The third kappa shape index (κ3) is 4.15. The summed E-state index contributed by atoms with van der Waals surface area (Å²) in [4.78, 5) is 17.8. The largest absolute Gasteiger partial charge is 0.497 e. The molecule has 0 spiro atoms. The van der Waals surface area contributed by atoms with E-state index in [1.54, 1.807) is 19.3 Å². The number of hydrogen-bond acceptors (Lipinski definition) is 6. The summed E-state index contributed by atoms with van der Waals surface area (Å²) in [6.07, 6.45) is 5.39. The van der Waals surface area contributed by atoms with Crippen molar-refractivity contribution < 1.29 is 9.15 Å². The Hall–Kier alpha value is -3.49. The van der Waals surface area contributed by atoms with Crippen molar-refractivity contribution in [3.05, 3.63) is 97.2 Å². The number of thiazole rings is 1. The fraction of sp³-hybridized carbons (Fsp3) is 0.0417. The molecule has 0 aliphatic heterocycles. The van der Waals surface area contributed by atoms with Crippen molar-refractivity contribution >= 4 is 50.5 Å². The number of benzene rings is 2. The van der Waals surface area contributed by atoms with Gasteiger partial charge < -0.3 is 9.15 Å². The van der Waals surface area contributed by atoms with E-state index >= 15 is 0 Å². The average molecular weight is 506 g/mol. The first-order chi connectivity index (χ1) is 15.6. The average Bonchev–Trinajstić information content (AvgIpc) is 3.50. The zero-order chi connectivity index (χ0) is 22.1. The predicted molar refractivity (Wildman–Crippen MR) is 130 cm³/mol. The van der Waals surface area contributed by atoms with Crippen molar-refractivity contribution in [1.29, 1.82) is 0 Å². The summed E-state index contributed by atoms with van der Waals surface area (Å²) in [6, 6.07) is 19.2. The minimum Gasteiger partial charge on any atom is -0.497 e. The lowest BCUT2D eigenvalue weighted by molar-refractivity contribution is 0.415. The molecule has 0 atom stereocenters. The fourth-order valence-electron chi connectivity index (χ4n) is 3.16. The van der Waals surface area contributed by atoms with Gasteiger partial charge in [0, 0.05) is 16.1 Å². The van der Waals surface area contributed by atoms with Gasteiger partial charge in [0.1, 0.15) is 21.8 Å². The molecule has 0 fully saturated rings. The quantitative estimate of drug-likeness (QED) is 0.339. The molecule has 0 unspecified atom stereocenters. The lowest BCUT2D eigenvalue weighted by atomic mass is 10.2. The van der Waals surface area contributed by atoms with Gasteiger partial charge in [0.25, 0.3) is 5.56 Å². The summed E-state index contributed by atoms with van der Waals surface area (Å²) in [7, 11) is 1.63. The highest BCUT2D eigenvalue weighted by Gasteiger charge is 2.10. The molecule has 0 aliphatic carbocycles. The second-order valence-electron chi connectivity index (χ2n) is 6.90. The molecule has 3 aromatic heterocycles. The van der Waals surface area contributed by atoms with Crippen LogP contribution >= 0.6 is 27.3 Å². The summed E-state index contributed by atoms with van der Waals surface area (Å²) in [5.74, 6) is 2.60. The van der Waals surface area contributed by atoms with Crippen molar-refractivity contribution in [1.82, 2.24) is 14.6 Å². The number of hydrogen-bond donors (Lipinski definition) is 0. The predicted octanol–water partition coefficient (Wildman–Crippen LogP) is 4.90. The lowest BCUT2D eigenvalue weighted by Crippen LogP contribution is -2.23. The van der Waals surface area contributed by atoms with E-state index in [2.05, 4.69) is 26.0 Å². The topological polar surface area (TPSA) is 69.6 Å². The number of ether oxygens (including phenoxy) is 1. The van der Waals surface area contributed by atoms with Crippen LogP contribution in [0.2, 0.25) is 0 Å². The molecule has 5 aromatic rings. The molecule has 6 nitrogen and oxygen atoms in total. The number of furan rings is 1. The Morgan fingerprint density at radius 1 is 1.09 bits per heavy atom. The Morgan fingerprint density at radius 3 is 2.69 bits per heavy atom. The Bertz CT molecular complexity index is 1550. The summed E-state index contributed by atoms with van der Waals surface area (Å²) in [6.45, 7) is 0. The number of fused-ring (bicyclic) bond motifs is 1. The van der Waals surface area contributed by atoms with Crippen molar-refractivity contribution in [2.24, 2.45) is 0 Å². The first-order valence-electron chi connectivity index (χ1n) is 9.68. The number of methoxy groups -OCH3 is 1. The van der Waals surface area contributed by atoms with E-state index < -0.39 is 0 Å². The molecule has 8 heteroatoms. The summed E-state index contributed by atoms with van der Waals surface area (Å²) >= 11 is 4.74. The number of nitrogens with zero attached hydrogens (tertiary/aromatic N) is 3. The molecule has 2 aromatic carbocycles. The zero-order valence-corrected chi connectivity index (χ0v) is 19.3. The van der Waals surface area contributed by atoms with E-state index in [-0.39, 0.29) is 5.56 Å².